The molecule has 1 N–H and O–H groups in total. The molecule has 0 saturated heterocycles. The fourth-order valence-electron chi connectivity index (χ4n) is 2.08. The van der Waals surface area contributed by atoms with Crippen LogP contribution in [0.1, 0.15) is 16.7 Å². The average molecular weight is 325 g/mol. The largest absolute Gasteiger partial charge is 0.380 e. The van der Waals surface area contributed by atoms with Crippen molar-refractivity contribution in [1.82, 2.24) is 0 Å². The van der Waals surface area contributed by atoms with Gasteiger partial charge in [0, 0.05) is 33.9 Å². The molecule has 0 unspecified atom stereocenters. The Morgan fingerprint density at radius 1 is 1.14 bits per heavy atom. The third kappa shape index (κ3) is 3.65. The Bertz CT molecular complexity index is 702. The van der Waals surface area contributed by atoms with Crippen LogP contribution < -0.4 is 5.32 Å². The van der Waals surface area contributed by atoms with Gasteiger partial charge in [0.2, 0.25) is 0 Å². The Hall–Kier alpha value is -1.78. The van der Waals surface area contributed by atoms with Crippen molar-refractivity contribution in [3.8, 4) is 0 Å². The zero-order valence-corrected chi connectivity index (χ0v) is 13.1. The second-order valence-corrected chi connectivity index (χ2v) is 5.64. The molecule has 0 amide bonds. The van der Waals surface area contributed by atoms with E-state index in [9.17, 15) is 10.1 Å². The highest BCUT2D eigenvalue weighted by atomic mass is 35.5. The van der Waals surface area contributed by atoms with Gasteiger partial charge in [0.1, 0.15) is 0 Å². The van der Waals surface area contributed by atoms with Crippen molar-refractivity contribution < 1.29 is 4.92 Å². The molecule has 0 bridgehead atoms. The number of hydrogen-bond donors (Lipinski definition) is 1. The van der Waals surface area contributed by atoms with Gasteiger partial charge in [0.15, 0.2) is 0 Å². The van der Waals surface area contributed by atoms with Crippen molar-refractivity contribution in [1.29, 1.82) is 0 Å². The lowest BCUT2D eigenvalue weighted by Crippen LogP contribution is -2.03. The van der Waals surface area contributed by atoms with Gasteiger partial charge in [-0.05, 0) is 43.2 Å². The number of benzene rings is 2. The Kier molecular flexibility index (Phi) is 4.70. The van der Waals surface area contributed by atoms with E-state index in [0.29, 0.717) is 22.2 Å². The predicted octanol–water partition coefficient (Wildman–Crippen LogP) is 5.13. The molecule has 2 aromatic carbocycles. The zero-order chi connectivity index (χ0) is 15.6. The monoisotopic (exact) mass is 324 g/mol. The fourth-order valence-corrected chi connectivity index (χ4v) is 2.56. The molecule has 0 fully saturated rings. The van der Waals surface area contributed by atoms with Gasteiger partial charge in [-0.2, -0.15) is 0 Å². The number of nitro groups is 1. The Labute approximate surface area is 132 Å². The van der Waals surface area contributed by atoms with Crippen LogP contribution >= 0.6 is 23.2 Å². The van der Waals surface area contributed by atoms with Gasteiger partial charge in [-0.25, -0.2) is 0 Å². The lowest BCUT2D eigenvalue weighted by atomic mass is 10.1. The second kappa shape index (κ2) is 6.33. The second-order valence-electron chi connectivity index (χ2n) is 4.80. The predicted molar refractivity (Wildman–Crippen MR) is 86.4 cm³/mol. The fraction of sp³-hybridized carbons (Fsp3) is 0.200. The number of anilines is 1. The van der Waals surface area contributed by atoms with Crippen LogP contribution in [0.15, 0.2) is 30.3 Å². The van der Waals surface area contributed by atoms with Crippen molar-refractivity contribution in [2.45, 2.75) is 20.4 Å². The molecule has 4 nitrogen and oxygen atoms in total. The summed E-state index contributed by atoms with van der Waals surface area (Å²) < 4.78 is 0. The molecule has 0 aromatic heterocycles. The van der Waals surface area contributed by atoms with Crippen molar-refractivity contribution in [2.24, 2.45) is 0 Å². The maximum Gasteiger partial charge on any atom is 0.274 e. The molecule has 0 atom stereocenters. The zero-order valence-electron chi connectivity index (χ0n) is 11.6. The van der Waals surface area contributed by atoms with Gasteiger partial charge in [-0.15, -0.1) is 0 Å². The number of aryl methyl sites for hydroxylation is 2. The standard InChI is InChI=1S/C15H14Cl2N2O2/c1-9-5-10(2)15(19(20)21)7-14(9)18-8-11-3-4-12(16)6-13(11)17/h3-7,18H,8H2,1-2H3. The molecule has 0 heterocycles. The van der Waals surface area contributed by atoms with E-state index in [2.05, 4.69) is 5.32 Å². The first-order chi connectivity index (χ1) is 9.88. The van der Waals surface area contributed by atoms with Crippen LogP contribution in [-0.2, 0) is 6.54 Å². The van der Waals surface area contributed by atoms with Crippen LogP contribution in [0.5, 0.6) is 0 Å². The lowest BCUT2D eigenvalue weighted by Gasteiger charge is -2.12. The van der Waals surface area contributed by atoms with Crippen LogP contribution in [0.2, 0.25) is 10.0 Å². The van der Waals surface area contributed by atoms with Gasteiger partial charge in [0.25, 0.3) is 5.69 Å². The van der Waals surface area contributed by atoms with E-state index in [1.165, 1.54) is 0 Å². The summed E-state index contributed by atoms with van der Waals surface area (Å²) in [5.74, 6) is 0. The SMILES string of the molecule is Cc1cc(C)c([N+](=O)[O-])cc1NCc1ccc(Cl)cc1Cl. The van der Waals surface area contributed by atoms with E-state index < -0.39 is 0 Å². The van der Waals surface area contributed by atoms with Crippen molar-refractivity contribution in [3.63, 3.8) is 0 Å². The number of nitrogens with one attached hydrogen (secondary N) is 1. The maximum absolute atomic E-state index is 11.0. The highest BCUT2D eigenvalue weighted by Crippen LogP contribution is 2.28. The van der Waals surface area contributed by atoms with Gasteiger partial charge in [-0.3, -0.25) is 10.1 Å². The summed E-state index contributed by atoms with van der Waals surface area (Å²) in [6.45, 7) is 4.10. The Balaban J connectivity index is 2.23. The average Bonchev–Trinajstić information content (AvgIpc) is 2.39. The Morgan fingerprint density at radius 2 is 1.86 bits per heavy atom. The summed E-state index contributed by atoms with van der Waals surface area (Å²) in [6.07, 6.45) is 0. The smallest absolute Gasteiger partial charge is 0.274 e. The minimum absolute atomic E-state index is 0.102. The first-order valence-corrected chi connectivity index (χ1v) is 7.07. The van der Waals surface area contributed by atoms with E-state index in [0.717, 1.165) is 16.8 Å². The minimum atomic E-state index is -0.380. The quantitative estimate of drug-likeness (QED) is 0.626. The third-order valence-corrected chi connectivity index (χ3v) is 3.81. The minimum Gasteiger partial charge on any atom is -0.380 e. The molecule has 0 spiro atoms. The van der Waals surface area contributed by atoms with E-state index in [-0.39, 0.29) is 10.6 Å². The lowest BCUT2D eigenvalue weighted by molar-refractivity contribution is -0.385. The number of halogens is 2. The van der Waals surface area contributed by atoms with Crippen molar-refractivity contribution >= 4 is 34.6 Å². The molecule has 2 aromatic rings. The molecule has 0 saturated carbocycles. The molecule has 0 aliphatic heterocycles. The first kappa shape index (κ1) is 15.6. The van der Waals surface area contributed by atoms with Crippen LogP contribution in [-0.4, -0.2) is 4.92 Å². The molecular formula is C15H14Cl2N2O2. The van der Waals surface area contributed by atoms with Gasteiger partial charge in [-0.1, -0.05) is 29.3 Å². The summed E-state index contributed by atoms with van der Waals surface area (Å²) >= 11 is 12.0. The summed E-state index contributed by atoms with van der Waals surface area (Å²) in [5, 5.41) is 15.3. The van der Waals surface area contributed by atoms with E-state index >= 15 is 0 Å². The van der Waals surface area contributed by atoms with Crippen molar-refractivity contribution in [2.75, 3.05) is 5.32 Å². The normalized spacial score (nSPS) is 10.5. The van der Waals surface area contributed by atoms with Crippen LogP contribution in [0.3, 0.4) is 0 Å². The van der Waals surface area contributed by atoms with E-state index in [1.54, 1.807) is 31.2 Å². The Morgan fingerprint density at radius 3 is 2.48 bits per heavy atom. The molecule has 2 rings (SSSR count). The van der Waals surface area contributed by atoms with Gasteiger partial charge < -0.3 is 5.32 Å². The molecular weight excluding hydrogens is 311 g/mol. The van der Waals surface area contributed by atoms with E-state index in [1.807, 2.05) is 13.0 Å². The molecule has 0 radical (unpaired) electrons. The number of nitrogens with zero attached hydrogens (tertiary/aromatic N) is 1. The van der Waals surface area contributed by atoms with Gasteiger partial charge in [0.05, 0.1) is 4.92 Å². The third-order valence-electron chi connectivity index (χ3n) is 3.22. The summed E-state index contributed by atoms with van der Waals surface area (Å²) in [7, 11) is 0. The van der Waals surface area contributed by atoms with Crippen LogP contribution in [0, 0.1) is 24.0 Å². The maximum atomic E-state index is 11.0. The van der Waals surface area contributed by atoms with Gasteiger partial charge >= 0.3 is 0 Å². The molecule has 0 aliphatic carbocycles. The van der Waals surface area contributed by atoms with Crippen molar-refractivity contribution in [3.05, 3.63) is 67.2 Å². The van der Waals surface area contributed by atoms with E-state index in [4.69, 9.17) is 23.2 Å². The number of rotatable bonds is 4. The topological polar surface area (TPSA) is 55.2 Å². The summed E-state index contributed by atoms with van der Waals surface area (Å²) in [6, 6.07) is 8.60. The first-order valence-electron chi connectivity index (χ1n) is 6.32. The molecule has 21 heavy (non-hydrogen) atoms. The molecule has 0 aliphatic rings. The number of nitro benzene ring substituents is 1. The summed E-state index contributed by atoms with van der Waals surface area (Å²) in [5.41, 5.74) is 3.29. The molecule has 110 valence electrons. The molecule has 6 heteroatoms. The number of hydrogen-bond acceptors (Lipinski definition) is 3. The highest BCUT2D eigenvalue weighted by Gasteiger charge is 2.13. The summed E-state index contributed by atoms with van der Waals surface area (Å²) in [4.78, 5) is 10.6. The van der Waals surface area contributed by atoms with Crippen LogP contribution in [0.25, 0.3) is 0 Å². The van der Waals surface area contributed by atoms with Crippen LogP contribution in [0.4, 0.5) is 11.4 Å². The highest BCUT2D eigenvalue weighted by molar-refractivity contribution is 6.35.